The summed E-state index contributed by atoms with van der Waals surface area (Å²) >= 11 is 0. The van der Waals surface area contributed by atoms with Crippen molar-refractivity contribution in [1.29, 1.82) is 0 Å². The molecule has 5 nitrogen and oxygen atoms in total. The van der Waals surface area contributed by atoms with E-state index in [1.807, 2.05) is 4.90 Å². The number of carbonyl (C=O) groups is 1. The first kappa shape index (κ1) is 17.2. The van der Waals surface area contributed by atoms with Gasteiger partial charge in [0.15, 0.2) is 0 Å². The number of benzene rings is 1. The highest BCUT2D eigenvalue weighted by molar-refractivity contribution is 5.79. The molecule has 0 radical (unpaired) electrons. The molecular weight excluding hydrogens is 333 g/mol. The maximum atomic E-state index is 13.0. The number of amides is 1. The second-order valence-electron chi connectivity index (χ2n) is 7.39. The highest BCUT2D eigenvalue weighted by Crippen LogP contribution is 2.32. The van der Waals surface area contributed by atoms with E-state index < -0.39 is 0 Å². The maximum absolute atomic E-state index is 13.0. The van der Waals surface area contributed by atoms with Crippen LogP contribution in [0.1, 0.15) is 56.8 Å². The highest BCUT2D eigenvalue weighted by atomic mass is 19.1. The summed E-state index contributed by atoms with van der Waals surface area (Å²) in [7, 11) is 0. The zero-order valence-electron chi connectivity index (χ0n) is 14.9. The van der Waals surface area contributed by atoms with E-state index in [1.54, 1.807) is 12.1 Å². The third-order valence-electron chi connectivity index (χ3n) is 5.64. The third kappa shape index (κ3) is 3.64. The molecule has 0 spiro atoms. The van der Waals surface area contributed by atoms with Crippen molar-refractivity contribution in [3.05, 3.63) is 36.0 Å². The minimum Gasteiger partial charge on any atom is -0.420 e. The van der Waals surface area contributed by atoms with Crippen molar-refractivity contribution in [3.63, 3.8) is 0 Å². The summed E-state index contributed by atoms with van der Waals surface area (Å²) in [6.45, 7) is 1.52. The zero-order valence-corrected chi connectivity index (χ0v) is 14.9. The Labute approximate surface area is 152 Å². The number of rotatable bonds is 3. The number of aromatic nitrogens is 2. The first-order chi connectivity index (χ1) is 12.7. The van der Waals surface area contributed by atoms with Crippen LogP contribution < -0.4 is 0 Å². The number of likely N-dealkylation sites (tertiary alicyclic amines) is 1. The summed E-state index contributed by atoms with van der Waals surface area (Å²) in [6.07, 6.45) is 7.42. The van der Waals surface area contributed by atoms with E-state index in [4.69, 9.17) is 4.42 Å². The smallest absolute Gasteiger partial charge is 0.247 e. The molecule has 1 aliphatic carbocycles. The molecule has 2 fully saturated rings. The fourth-order valence-electron chi connectivity index (χ4n) is 4.06. The molecule has 26 heavy (non-hydrogen) atoms. The average molecular weight is 357 g/mol. The Hall–Kier alpha value is -2.24. The molecule has 0 N–H and O–H groups in total. The van der Waals surface area contributed by atoms with Crippen LogP contribution in [-0.2, 0) is 4.79 Å². The Kier molecular flexibility index (Phi) is 5.00. The summed E-state index contributed by atoms with van der Waals surface area (Å²) in [6, 6.07) is 6.04. The van der Waals surface area contributed by atoms with E-state index in [1.165, 1.54) is 31.4 Å². The summed E-state index contributed by atoms with van der Waals surface area (Å²) in [4.78, 5) is 14.7. The second kappa shape index (κ2) is 7.56. The summed E-state index contributed by atoms with van der Waals surface area (Å²) in [5.74, 6) is 1.50. The van der Waals surface area contributed by atoms with Gasteiger partial charge in [0.2, 0.25) is 17.7 Å². The van der Waals surface area contributed by atoms with Gasteiger partial charge in [-0.15, -0.1) is 10.2 Å². The molecule has 0 bridgehead atoms. The van der Waals surface area contributed by atoms with Crippen LogP contribution in [0, 0.1) is 11.7 Å². The molecule has 0 atom stereocenters. The molecule has 0 unspecified atom stereocenters. The summed E-state index contributed by atoms with van der Waals surface area (Å²) in [5.41, 5.74) is 0.718. The number of hydrogen-bond acceptors (Lipinski definition) is 4. The molecule has 1 amide bonds. The fourth-order valence-corrected chi connectivity index (χ4v) is 4.06. The molecule has 1 saturated heterocycles. The van der Waals surface area contributed by atoms with Crippen molar-refractivity contribution in [2.24, 2.45) is 5.92 Å². The quantitative estimate of drug-likeness (QED) is 0.827. The fraction of sp³-hybridized carbons (Fsp3) is 0.550. The van der Waals surface area contributed by atoms with Gasteiger partial charge in [-0.3, -0.25) is 4.79 Å². The topological polar surface area (TPSA) is 59.2 Å². The predicted molar refractivity (Wildman–Crippen MR) is 94.8 cm³/mol. The second-order valence-corrected chi connectivity index (χ2v) is 7.39. The van der Waals surface area contributed by atoms with E-state index in [9.17, 15) is 9.18 Å². The molecular formula is C20H24FN3O2. The van der Waals surface area contributed by atoms with Gasteiger partial charge in [-0.1, -0.05) is 19.3 Å². The summed E-state index contributed by atoms with van der Waals surface area (Å²) < 4.78 is 18.8. The lowest BCUT2D eigenvalue weighted by Crippen LogP contribution is -2.41. The van der Waals surface area contributed by atoms with Crippen LogP contribution in [0.5, 0.6) is 0 Å². The molecule has 1 aliphatic heterocycles. The van der Waals surface area contributed by atoms with Gasteiger partial charge in [0.05, 0.1) is 0 Å². The Morgan fingerprint density at radius 1 is 1.00 bits per heavy atom. The van der Waals surface area contributed by atoms with E-state index in [0.29, 0.717) is 17.7 Å². The van der Waals surface area contributed by atoms with Gasteiger partial charge in [-0.2, -0.15) is 0 Å². The molecule has 1 saturated carbocycles. The standard InChI is InChI=1S/C20H24FN3O2/c21-17-8-6-14(7-9-17)18-22-23-19(26-18)15-10-12-24(13-11-15)20(25)16-4-2-1-3-5-16/h6-9,15-16H,1-5,10-13H2. The van der Waals surface area contributed by atoms with Gasteiger partial charge in [0.1, 0.15) is 5.82 Å². The van der Waals surface area contributed by atoms with Crippen LogP contribution in [0.3, 0.4) is 0 Å². The van der Waals surface area contributed by atoms with Gasteiger partial charge in [-0.25, -0.2) is 4.39 Å². The number of carbonyl (C=O) groups excluding carboxylic acids is 1. The minimum atomic E-state index is -0.288. The lowest BCUT2D eigenvalue weighted by molar-refractivity contribution is -0.137. The van der Waals surface area contributed by atoms with Gasteiger partial charge in [-0.05, 0) is 49.9 Å². The van der Waals surface area contributed by atoms with E-state index in [-0.39, 0.29) is 17.7 Å². The predicted octanol–water partition coefficient (Wildman–Crippen LogP) is 4.16. The minimum absolute atomic E-state index is 0.187. The van der Waals surface area contributed by atoms with Crippen LogP contribution in [0.15, 0.2) is 28.7 Å². The van der Waals surface area contributed by atoms with Crippen LogP contribution in [0.4, 0.5) is 4.39 Å². The lowest BCUT2D eigenvalue weighted by Gasteiger charge is -2.34. The summed E-state index contributed by atoms with van der Waals surface area (Å²) in [5, 5.41) is 8.28. The lowest BCUT2D eigenvalue weighted by atomic mass is 9.87. The van der Waals surface area contributed by atoms with E-state index in [0.717, 1.165) is 44.3 Å². The first-order valence-corrected chi connectivity index (χ1v) is 9.59. The van der Waals surface area contributed by atoms with Crippen molar-refractivity contribution in [1.82, 2.24) is 15.1 Å². The van der Waals surface area contributed by atoms with Gasteiger partial charge >= 0.3 is 0 Å². The molecule has 2 aromatic rings. The van der Waals surface area contributed by atoms with Crippen LogP contribution in [0.2, 0.25) is 0 Å². The van der Waals surface area contributed by atoms with Crippen molar-refractivity contribution in [2.75, 3.05) is 13.1 Å². The molecule has 4 rings (SSSR count). The van der Waals surface area contributed by atoms with Gasteiger partial charge in [0.25, 0.3) is 0 Å². The Bertz CT molecular complexity index is 745. The normalized spacial score (nSPS) is 19.7. The molecule has 2 aliphatic rings. The Balaban J connectivity index is 1.36. The van der Waals surface area contributed by atoms with E-state index in [2.05, 4.69) is 10.2 Å². The largest absolute Gasteiger partial charge is 0.420 e. The molecule has 138 valence electrons. The van der Waals surface area contributed by atoms with Crippen molar-refractivity contribution >= 4 is 5.91 Å². The van der Waals surface area contributed by atoms with Crippen molar-refractivity contribution in [2.45, 2.75) is 50.9 Å². The zero-order chi connectivity index (χ0) is 17.9. The Morgan fingerprint density at radius 3 is 2.38 bits per heavy atom. The van der Waals surface area contributed by atoms with Gasteiger partial charge in [0, 0.05) is 30.5 Å². The number of hydrogen-bond donors (Lipinski definition) is 0. The number of halogens is 1. The first-order valence-electron chi connectivity index (χ1n) is 9.59. The van der Waals surface area contributed by atoms with Crippen LogP contribution in [0.25, 0.3) is 11.5 Å². The third-order valence-corrected chi connectivity index (χ3v) is 5.64. The molecule has 1 aromatic heterocycles. The monoisotopic (exact) mass is 357 g/mol. The van der Waals surface area contributed by atoms with Crippen LogP contribution in [-0.4, -0.2) is 34.1 Å². The van der Waals surface area contributed by atoms with Crippen LogP contribution >= 0.6 is 0 Å². The number of piperidine rings is 1. The van der Waals surface area contributed by atoms with Crippen molar-refractivity contribution < 1.29 is 13.6 Å². The molecule has 6 heteroatoms. The Morgan fingerprint density at radius 2 is 1.69 bits per heavy atom. The molecule has 1 aromatic carbocycles. The SMILES string of the molecule is O=C(C1CCCCC1)N1CCC(c2nnc(-c3ccc(F)cc3)o2)CC1. The molecule has 2 heterocycles. The maximum Gasteiger partial charge on any atom is 0.247 e. The van der Waals surface area contributed by atoms with E-state index >= 15 is 0 Å². The average Bonchev–Trinajstić information content (AvgIpc) is 3.19. The van der Waals surface area contributed by atoms with Gasteiger partial charge < -0.3 is 9.32 Å². The number of nitrogens with zero attached hydrogens (tertiary/aromatic N) is 3. The highest BCUT2D eigenvalue weighted by Gasteiger charge is 2.31. The van der Waals surface area contributed by atoms with Crippen molar-refractivity contribution in [3.8, 4) is 11.5 Å².